The number of esters is 4. The molecule has 1 heterocycles. The van der Waals surface area contributed by atoms with Crippen molar-refractivity contribution in [1.29, 1.82) is 0 Å². The van der Waals surface area contributed by atoms with E-state index in [-0.39, 0.29) is 18.9 Å². The van der Waals surface area contributed by atoms with Crippen molar-refractivity contribution in [3.8, 4) is 0 Å². The first-order valence-corrected chi connectivity index (χ1v) is 24.0. The van der Waals surface area contributed by atoms with Gasteiger partial charge in [0, 0.05) is 34.1 Å². The summed E-state index contributed by atoms with van der Waals surface area (Å²) in [6.07, 6.45) is 25.8. The van der Waals surface area contributed by atoms with E-state index in [1.165, 1.54) is 122 Å². The molecule has 0 aromatic heterocycles. The van der Waals surface area contributed by atoms with Gasteiger partial charge in [0.1, 0.15) is 12.7 Å². The highest BCUT2D eigenvalue weighted by atomic mass is 16.7. The molecule has 3 unspecified atom stereocenters. The Morgan fingerprint density at radius 1 is 0.574 bits per heavy atom. The third-order valence-electron chi connectivity index (χ3n) is 11.0. The van der Waals surface area contributed by atoms with Gasteiger partial charge in [-0.3, -0.25) is 24.0 Å². The molecule has 61 heavy (non-hydrogen) atoms. The Hall–Kier alpha value is -3.03. The number of nitrogens with one attached hydrogen (secondary N) is 1. The summed E-state index contributed by atoms with van der Waals surface area (Å²) in [5.41, 5.74) is 0. The smallest absolute Gasteiger partial charge is 0.303 e. The summed E-state index contributed by atoms with van der Waals surface area (Å²) in [5, 5.41) is 14.3. The zero-order valence-corrected chi connectivity index (χ0v) is 38.9. The molecule has 0 spiro atoms. The summed E-state index contributed by atoms with van der Waals surface area (Å²) in [6, 6.07) is -0.921. The van der Waals surface area contributed by atoms with E-state index in [4.69, 9.17) is 28.4 Å². The van der Waals surface area contributed by atoms with Crippen molar-refractivity contribution in [3.63, 3.8) is 0 Å². The van der Waals surface area contributed by atoms with E-state index >= 15 is 0 Å². The minimum absolute atomic E-state index is 0.240. The Morgan fingerprint density at radius 3 is 1.46 bits per heavy atom. The van der Waals surface area contributed by atoms with Crippen LogP contribution < -0.4 is 5.32 Å². The highest BCUT2D eigenvalue weighted by molar-refractivity contribution is 5.76. The number of unbranched alkanes of at least 4 members (excludes halogenated alkanes) is 23. The van der Waals surface area contributed by atoms with Gasteiger partial charge in [0.2, 0.25) is 5.91 Å². The summed E-state index contributed by atoms with van der Waals surface area (Å²) in [4.78, 5) is 61.8. The number of carbonyl (C=O) groups excluding carboxylic acids is 5. The summed E-state index contributed by atoms with van der Waals surface area (Å²) >= 11 is 0. The Kier molecular flexibility index (Phi) is 33.5. The van der Waals surface area contributed by atoms with Gasteiger partial charge in [0.25, 0.3) is 0 Å². The molecule has 354 valence electrons. The van der Waals surface area contributed by atoms with Crippen LogP contribution in [0, 0.1) is 0 Å². The van der Waals surface area contributed by atoms with Gasteiger partial charge in [-0.25, -0.2) is 0 Å². The van der Waals surface area contributed by atoms with Gasteiger partial charge < -0.3 is 38.8 Å². The molecule has 0 aliphatic carbocycles. The fraction of sp³-hybridized carbons (Fsp3) is 0.854. The maximum atomic E-state index is 13.3. The number of aliphatic hydroxyl groups is 1. The van der Waals surface area contributed by atoms with Crippen molar-refractivity contribution >= 4 is 29.8 Å². The summed E-state index contributed by atoms with van der Waals surface area (Å²) in [5.74, 6) is -3.14. The minimum Gasteiger partial charge on any atom is -0.463 e. The number of rotatable bonds is 37. The molecule has 13 nitrogen and oxygen atoms in total. The highest BCUT2D eigenvalue weighted by Gasteiger charge is 2.53. The number of amides is 1. The van der Waals surface area contributed by atoms with Crippen LogP contribution in [0.1, 0.15) is 208 Å². The normalized spacial score (nSPS) is 19.9. The van der Waals surface area contributed by atoms with Gasteiger partial charge in [-0.1, -0.05) is 167 Å². The lowest BCUT2D eigenvalue weighted by atomic mass is 9.98. The molecule has 0 aromatic rings. The molecule has 1 aliphatic rings. The standard InChI is InChI=1S/C48H85NO12/c1-7-9-11-13-15-17-19-21-23-25-27-29-31-33-42(54)41(49-44(55)34-32-30-28-26-24-22-20-18-16-14-12-10-8-2)35-57-48-47(60-40(6)53)46(59-39(5)52)45(58-38(4)51)43(61-48)36-56-37(3)50/h31,33,41-43,45-48,54H,7-30,32,34-36H2,1-6H3,(H,49,55)/b33-31+/t41-,42+,43?,45-,46?,47?,48+/m0/s1. The fourth-order valence-corrected chi connectivity index (χ4v) is 7.63. The molecule has 1 amide bonds. The SMILES string of the molecule is CCCCCCCCCCCCC/C=C/[C@@H](O)[C@H](CO[C@@H]1OC(COC(C)=O)[C@H](OC(C)=O)C(OC(C)=O)C1OC(C)=O)NC(=O)CCCCCCCCCCCCCCC. The van der Waals surface area contributed by atoms with Crippen molar-refractivity contribution in [1.82, 2.24) is 5.32 Å². The average Bonchev–Trinajstić information content (AvgIpc) is 3.20. The van der Waals surface area contributed by atoms with Crippen molar-refractivity contribution < 1.29 is 57.5 Å². The monoisotopic (exact) mass is 868 g/mol. The van der Waals surface area contributed by atoms with Gasteiger partial charge in [0.05, 0.1) is 18.8 Å². The fourth-order valence-electron chi connectivity index (χ4n) is 7.63. The van der Waals surface area contributed by atoms with Crippen LogP contribution in [0.15, 0.2) is 12.2 Å². The van der Waals surface area contributed by atoms with Gasteiger partial charge in [-0.15, -0.1) is 0 Å². The molecule has 13 heteroatoms. The van der Waals surface area contributed by atoms with Crippen molar-refractivity contribution in [2.75, 3.05) is 13.2 Å². The molecule has 2 N–H and O–H groups in total. The number of ether oxygens (including phenoxy) is 6. The predicted molar refractivity (Wildman–Crippen MR) is 236 cm³/mol. The summed E-state index contributed by atoms with van der Waals surface area (Å²) in [7, 11) is 0. The maximum absolute atomic E-state index is 13.3. The highest BCUT2D eigenvalue weighted by Crippen LogP contribution is 2.30. The summed E-state index contributed by atoms with van der Waals surface area (Å²) < 4.78 is 33.9. The molecule has 0 radical (unpaired) electrons. The molecule has 0 bridgehead atoms. The zero-order chi connectivity index (χ0) is 45.1. The molecule has 1 rings (SSSR count). The first-order valence-electron chi connectivity index (χ1n) is 24.0. The minimum atomic E-state index is -1.44. The van der Waals surface area contributed by atoms with E-state index in [0.717, 1.165) is 59.3 Å². The molecule has 1 saturated heterocycles. The Bertz CT molecular complexity index is 1210. The molecular formula is C48H85NO12. The Balaban J connectivity index is 2.94. The first-order chi connectivity index (χ1) is 29.4. The van der Waals surface area contributed by atoms with E-state index in [0.29, 0.717) is 6.42 Å². The van der Waals surface area contributed by atoms with E-state index in [2.05, 4.69) is 19.2 Å². The average molecular weight is 868 g/mol. The molecule has 1 fully saturated rings. The number of aliphatic hydroxyl groups excluding tert-OH is 1. The van der Waals surface area contributed by atoms with Crippen LogP contribution in [0.25, 0.3) is 0 Å². The van der Waals surface area contributed by atoms with Crippen LogP contribution in [0.3, 0.4) is 0 Å². The van der Waals surface area contributed by atoms with Gasteiger partial charge in [-0.2, -0.15) is 0 Å². The van der Waals surface area contributed by atoms with E-state index in [1.54, 1.807) is 6.08 Å². The third kappa shape index (κ3) is 29.1. The summed E-state index contributed by atoms with van der Waals surface area (Å²) in [6.45, 7) is 8.42. The lowest BCUT2D eigenvalue weighted by Crippen LogP contribution is -2.63. The first kappa shape index (κ1) is 56.0. The van der Waals surface area contributed by atoms with Crippen molar-refractivity contribution in [3.05, 3.63) is 12.2 Å². The quantitative estimate of drug-likeness (QED) is 0.0262. The van der Waals surface area contributed by atoms with Crippen LogP contribution in [0.5, 0.6) is 0 Å². The maximum Gasteiger partial charge on any atom is 0.303 e. The second-order valence-corrected chi connectivity index (χ2v) is 16.8. The molecule has 0 saturated carbocycles. The molecule has 0 aromatic carbocycles. The second-order valence-electron chi connectivity index (χ2n) is 16.8. The largest absolute Gasteiger partial charge is 0.463 e. The van der Waals surface area contributed by atoms with Crippen LogP contribution in [0.2, 0.25) is 0 Å². The molecule has 1 aliphatic heterocycles. The van der Waals surface area contributed by atoms with E-state index in [1.807, 2.05) is 6.08 Å². The number of hydrogen-bond acceptors (Lipinski definition) is 12. The number of allylic oxidation sites excluding steroid dienone is 1. The zero-order valence-electron chi connectivity index (χ0n) is 38.9. The van der Waals surface area contributed by atoms with E-state index < -0.39 is 73.3 Å². The third-order valence-corrected chi connectivity index (χ3v) is 11.0. The van der Waals surface area contributed by atoms with E-state index in [9.17, 15) is 29.1 Å². The van der Waals surface area contributed by atoms with Crippen molar-refractivity contribution in [2.24, 2.45) is 0 Å². The van der Waals surface area contributed by atoms with Crippen molar-refractivity contribution in [2.45, 2.75) is 251 Å². The van der Waals surface area contributed by atoms with Gasteiger partial charge in [-0.05, 0) is 19.3 Å². The van der Waals surface area contributed by atoms with Crippen LogP contribution >= 0.6 is 0 Å². The van der Waals surface area contributed by atoms with Gasteiger partial charge >= 0.3 is 23.9 Å². The second kappa shape index (κ2) is 36.5. The number of carbonyl (C=O) groups is 5. The number of hydrogen-bond donors (Lipinski definition) is 2. The Labute approximate surface area is 368 Å². The molecular weight excluding hydrogens is 783 g/mol. The van der Waals surface area contributed by atoms with Crippen LogP contribution in [-0.2, 0) is 52.4 Å². The predicted octanol–water partition coefficient (Wildman–Crippen LogP) is 9.67. The van der Waals surface area contributed by atoms with Gasteiger partial charge in [0.15, 0.2) is 24.6 Å². The lowest BCUT2D eigenvalue weighted by Gasteiger charge is -2.44. The molecule has 7 atom stereocenters. The van der Waals surface area contributed by atoms with Crippen LogP contribution in [0.4, 0.5) is 0 Å². The lowest BCUT2D eigenvalue weighted by molar-refractivity contribution is -0.309. The topological polar surface area (TPSA) is 173 Å². The Morgan fingerprint density at radius 2 is 1.00 bits per heavy atom. The van der Waals surface area contributed by atoms with Crippen LogP contribution in [-0.4, -0.2) is 91.0 Å².